The van der Waals surface area contributed by atoms with Gasteiger partial charge in [-0.15, -0.1) is 0 Å². The Bertz CT molecular complexity index is 680. The van der Waals surface area contributed by atoms with E-state index in [9.17, 15) is 18.0 Å². The smallest absolute Gasteiger partial charge is 0.397 e. The first-order valence-corrected chi connectivity index (χ1v) is 9.10. The molecule has 2 rings (SSSR count). The Labute approximate surface area is 140 Å². The third-order valence-electron chi connectivity index (χ3n) is 3.41. The molecular weight excluding hydrogens is 336 g/mol. The molecule has 1 aliphatic rings. The summed E-state index contributed by atoms with van der Waals surface area (Å²) in [5.74, 6) is -1.91. The average Bonchev–Trinajstić information content (AvgIpc) is 3.07. The molecule has 9 heteroatoms. The van der Waals surface area contributed by atoms with Crippen molar-refractivity contribution in [1.29, 1.82) is 0 Å². The lowest BCUT2D eigenvalue weighted by Gasteiger charge is -2.12. The van der Waals surface area contributed by atoms with E-state index in [0.29, 0.717) is 12.3 Å². The summed E-state index contributed by atoms with van der Waals surface area (Å²) in [4.78, 5) is 22.8. The molecule has 1 amide bonds. The lowest BCUT2D eigenvalue weighted by Crippen LogP contribution is -2.31. The number of sulfonamides is 1. The summed E-state index contributed by atoms with van der Waals surface area (Å²) in [6, 6.07) is 5.49. The van der Waals surface area contributed by atoms with Gasteiger partial charge >= 0.3 is 11.9 Å². The number of carbonyl (C=O) groups excluding carboxylic acids is 2. The molecule has 1 aromatic carbocycles. The highest BCUT2D eigenvalue weighted by Gasteiger charge is 2.20. The van der Waals surface area contributed by atoms with Gasteiger partial charge in [0.2, 0.25) is 10.0 Å². The molecule has 0 unspecified atom stereocenters. The molecule has 0 aromatic heterocycles. The number of esters is 1. The van der Waals surface area contributed by atoms with Crippen molar-refractivity contribution in [2.75, 3.05) is 25.1 Å². The normalized spacial score (nSPS) is 17.5. The van der Waals surface area contributed by atoms with Crippen molar-refractivity contribution >= 4 is 27.6 Å². The zero-order chi connectivity index (χ0) is 17.6. The predicted molar refractivity (Wildman–Crippen MR) is 85.9 cm³/mol. The van der Waals surface area contributed by atoms with Crippen LogP contribution in [0, 0.1) is 0 Å². The fourth-order valence-corrected chi connectivity index (χ4v) is 3.25. The van der Waals surface area contributed by atoms with Crippen molar-refractivity contribution in [3.63, 3.8) is 0 Å². The van der Waals surface area contributed by atoms with Gasteiger partial charge in [-0.1, -0.05) is 0 Å². The molecular formula is C15H20N2O6S. The number of benzene rings is 1. The predicted octanol–water partition coefficient (Wildman–Crippen LogP) is 0.645. The molecule has 8 nitrogen and oxygen atoms in total. The highest BCUT2D eigenvalue weighted by molar-refractivity contribution is 7.89. The molecule has 1 atom stereocenters. The maximum Gasteiger partial charge on any atom is 0.397 e. The first-order chi connectivity index (χ1) is 11.4. The molecule has 0 saturated carbocycles. The molecule has 0 radical (unpaired) electrons. The average molecular weight is 356 g/mol. The van der Waals surface area contributed by atoms with E-state index < -0.39 is 21.9 Å². The summed E-state index contributed by atoms with van der Waals surface area (Å²) in [6.45, 7) is 2.57. The highest BCUT2D eigenvalue weighted by Crippen LogP contribution is 2.16. The summed E-state index contributed by atoms with van der Waals surface area (Å²) in [7, 11) is -3.65. The Morgan fingerprint density at radius 1 is 1.29 bits per heavy atom. The van der Waals surface area contributed by atoms with Gasteiger partial charge in [0.25, 0.3) is 0 Å². The van der Waals surface area contributed by atoms with Crippen LogP contribution in [-0.4, -0.2) is 46.2 Å². The fourth-order valence-electron chi connectivity index (χ4n) is 2.19. The van der Waals surface area contributed by atoms with Gasteiger partial charge in [-0.05, 0) is 44.0 Å². The van der Waals surface area contributed by atoms with Crippen LogP contribution in [0.2, 0.25) is 0 Å². The van der Waals surface area contributed by atoms with E-state index in [-0.39, 0.29) is 24.2 Å². The molecule has 24 heavy (non-hydrogen) atoms. The molecule has 0 spiro atoms. The molecule has 2 N–H and O–H groups in total. The van der Waals surface area contributed by atoms with E-state index in [0.717, 1.165) is 12.8 Å². The summed E-state index contributed by atoms with van der Waals surface area (Å²) in [6.07, 6.45) is 1.67. The number of carbonyl (C=O) groups is 2. The number of amides is 1. The van der Waals surface area contributed by atoms with Crippen molar-refractivity contribution in [3.8, 4) is 0 Å². The van der Waals surface area contributed by atoms with Crippen LogP contribution in [-0.2, 0) is 29.1 Å². The van der Waals surface area contributed by atoms with Gasteiger partial charge < -0.3 is 14.8 Å². The lowest BCUT2D eigenvalue weighted by molar-refractivity contribution is -0.152. The van der Waals surface area contributed by atoms with Gasteiger partial charge in [0.1, 0.15) is 0 Å². The number of hydrogen-bond acceptors (Lipinski definition) is 6. The Kier molecular flexibility index (Phi) is 6.29. The van der Waals surface area contributed by atoms with Crippen molar-refractivity contribution in [2.45, 2.75) is 30.8 Å². The van der Waals surface area contributed by atoms with Crippen LogP contribution in [0.3, 0.4) is 0 Å². The Balaban J connectivity index is 1.94. The molecule has 1 aliphatic heterocycles. The molecule has 1 fully saturated rings. The number of nitrogens with one attached hydrogen (secondary N) is 2. The van der Waals surface area contributed by atoms with Crippen LogP contribution in [0.1, 0.15) is 19.8 Å². The van der Waals surface area contributed by atoms with Gasteiger partial charge in [0.15, 0.2) is 0 Å². The minimum absolute atomic E-state index is 0.0645. The Hall–Kier alpha value is -1.97. The third kappa shape index (κ3) is 5.02. The fraction of sp³-hybridized carbons (Fsp3) is 0.467. The Morgan fingerprint density at radius 3 is 2.58 bits per heavy atom. The minimum Gasteiger partial charge on any atom is -0.459 e. The summed E-state index contributed by atoms with van der Waals surface area (Å²) in [5, 5.41) is 2.33. The third-order valence-corrected chi connectivity index (χ3v) is 4.85. The summed E-state index contributed by atoms with van der Waals surface area (Å²) < 4.78 is 36.8. The van der Waals surface area contributed by atoms with Crippen molar-refractivity contribution in [3.05, 3.63) is 24.3 Å². The number of ether oxygens (including phenoxy) is 2. The van der Waals surface area contributed by atoms with Crippen LogP contribution in [0.15, 0.2) is 29.2 Å². The molecule has 1 saturated heterocycles. The van der Waals surface area contributed by atoms with E-state index in [1.807, 2.05) is 0 Å². The van der Waals surface area contributed by atoms with Crippen LogP contribution < -0.4 is 10.0 Å². The molecule has 0 aliphatic carbocycles. The zero-order valence-corrected chi connectivity index (χ0v) is 14.1. The van der Waals surface area contributed by atoms with Crippen molar-refractivity contribution < 1.29 is 27.5 Å². The quantitative estimate of drug-likeness (QED) is 0.572. The van der Waals surface area contributed by atoms with Crippen LogP contribution in [0.25, 0.3) is 0 Å². The Morgan fingerprint density at radius 2 is 2.00 bits per heavy atom. The maximum atomic E-state index is 12.2. The second-order valence-corrected chi connectivity index (χ2v) is 6.95. The number of rotatable bonds is 6. The van der Waals surface area contributed by atoms with E-state index in [2.05, 4.69) is 14.8 Å². The molecule has 0 bridgehead atoms. The second-order valence-electron chi connectivity index (χ2n) is 5.19. The second kappa shape index (κ2) is 8.22. The standard InChI is InChI=1S/C15H20N2O6S/c1-2-22-15(19)14(18)17-11-5-7-13(8-6-11)24(20,21)16-10-12-4-3-9-23-12/h5-8,12,16H,2-4,9-10H2,1H3,(H,17,18)/t12-/m0/s1. The highest BCUT2D eigenvalue weighted by atomic mass is 32.2. The van der Waals surface area contributed by atoms with E-state index in [1.165, 1.54) is 24.3 Å². The molecule has 1 aromatic rings. The van der Waals surface area contributed by atoms with Gasteiger partial charge in [-0.25, -0.2) is 17.9 Å². The van der Waals surface area contributed by atoms with E-state index >= 15 is 0 Å². The molecule has 1 heterocycles. The van der Waals surface area contributed by atoms with Gasteiger partial charge in [0, 0.05) is 18.8 Å². The van der Waals surface area contributed by atoms with Gasteiger partial charge in [-0.2, -0.15) is 0 Å². The summed E-state index contributed by atoms with van der Waals surface area (Å²) >= 11 is 0. The van der Waals surface area contributed by atoms with E-state index in [1.54, 1.807) is 6.92 Å². The van der Waals surface area contributed by atoms with Crippen LogP contribution >= 0.6 is 0 Å². The van der Waals surface area contributed by atoms with Crippen LogP contribution in [0.4, 0.5) is 5.69 Å². The largest absolute Gasteiger partial charge is 0.459 e. The molecule has 132 valence electrons. The number of hydrogen-bond donors (Lipinski definition) is 2. The first kappa shape index (κ1) is 18.4. The summed E-state index contributed by atoms with van der Waals surface area (Å²) in [5.41, 5.74) is 0.297. The van der Waals surface area contributed by atoms with E-state index in [4.69, 9.17) is 4.74 Å². The zero-order valence-electron chi connectivity index (χ0n) is 13.3. The SMILES string of the molecule is CCOC(=O)C(=O)Nc1ccc(S(=O)(=O)NC[C@@H]2CCCO2)cc1. The first-order valence-electron chi connectivity index (χ1n) is 7.62. The van der Waals surface area contributed by atoms with Crippen LogP contribution in [0.5, 0.6) is 0 Å². The number of anilines is 1. The van der Waals surface area contributed by atoms with Crippen molar-refractivity contribution in [2.24, 2.45) is 0 Å². The lowest BCUT2D eigenvalue weighted by atomic mass is 10.2. The minimum atomic E-state index is -3.65. The monoisotopic (exact) mass is 356 g/mol. The maximum absolute atomic E-state index is 12.2. The topological polar surface area (TPSA) is 111 Å². The van der Waals surface area contributed by atoms with Crippen molar-refractivity contribution in [1.82, 2.24) is 4.72 Å². The van der Waals surface area contributed by atoms with Gasteiger partial charge in [0.05, 0.1) is 17.6 Å². The van der Waals surface area contributed by atoms with Gasteiger partial charge in [-0.3, -0.25) is 4.79 Å².